The van der Waals surface area contributed by atoms with Crippen LogP contribution >= 0.6 is 0 Å². The largest absolute Gasteiger partial charge is 0.508 e. The van der Waals surface area contributed by atoms with Gasteiger partial charge >= 0.3 is 0 Å². The number of phenolic OH excluding ortho intramolecular Hbond substituents is 2. The van der Waals surface area contributed by atoms with Crippen LogP contribution in [-0.4, -0.2) is 29.5 Å². The first-order chi connectivity index (χ1) is 11.5. The van der Waals surface area contributed by atoms with Crippen LogP contribution in [0.4, 0.5) is 0 Å². The van der Waals surface area contributed by atoms with Crippen molar-refractivity contribution in [3.8, 4) is 40.1 Å². The first kappa shape index (κ1) is 15.5. The molecule has 0 aliphatic rings. The van der Waals surface area contributed by atoms with Crippen LogP contribution in [0.25, 0.3) is 22.3 Å². The van der Waals surface area contributed by atoms with Crippen LogP contribution in [0.15, 0.2) is 39.5 Å². The van der Waals surface area contributed by atoms with Gasteiger partial charge in [-0.25, -0.2) is 0 Å². The molecule has 0 saturated heterocycles. The highest BCUT2D eigenvalue weighted by atomic mass is 16.5. The molecule has 7 nitrogen and oxygen atoms in total. The molecule has 0 saturated carbocycles. The standard InChI is InChI=1S/C17H14O7/c1-22-12-5-8(6-13(23-2)15(12)20)17-16(21)14(19)10-4-3-9(18)7-11(10)24-17/h3-7,18,20-21H,1-2H3. The second-order valence-corrected chi connectivity index (χ2v) is 5.02. The van der Waals surface area contributed by atoms with Crippen LogP contribution in [0.5, 0.6) is 28.7 Å². The predicted octanol–water partition coefficient (Wildman–Crippen LogP) is 2.59. The molecule has 3 rings (SSSR count). The van der Waals surface area contributed by atoms with Crippen molar-refractivity contribution in [2.24, 2.45) is 0 Å². The maximum atomic E-state index is 12.3. The van der Waals surface area contributed by atoms with Crippen LogP contribution in [0, 0.1) is 0 Å². The van der Waals surface area contributed by atoms with Gasteiger partial charge < -0.3 is 29.2 Å². The van der Waals surface area contributed by atoms with E-state index < -0.39 is 11.2 Å². The zero-order chi connectivity index (χ0) is 17.4. The molecule has 124 valence electrons. The summed E-state index contributed by atoms with van der Waals surface area (Å²) in [4.78, 5) is 12.3. The summed E-state index contributed by atoms with van der Waals surface area (Å²) < 4.78 is 15.7. The number of rotatable bonds is 3. The Kier molecular flexibility index (Phi) is 3.69. The van der Waals surface area contributed by atoms with Gasteiger partial charge in [0, 0.05) is 11.6 Å². The molecule has 0 radical (unpaired) electrons. The molecular weight excluding hydrogens is 316 g/mol. The Bertz CT molecular complexity index is 963. The predicted molar refractivity (Wildman–Crippen MR) is 86.0 cm³/mol. The second kappa shape index (κ2) is 5.69. The number of ether oxygens (including phenoxy) is 2. The maximum Gasteiger partial charge on any atom is 0.235 e. The lowest BCUT2D eigenvalue weighted by atomic mass is 10.1. The molecule has 0 spiro atoms. The summed E-state index contributed by atoms with van der Waals surface area (Å²) in [6.45, 7) is 0. The van der Waals surface area contributed by atoms with Gasteiger partial charge in [-0.2, -0.15) is 0 Å². The van der Waals surface area contributed by atoms with Crippen molar-refractivity contribution in [3.05, 3.63) is 40.6 Å². The molecule has 1 aromatic heterocycles. The van der Waals surface area contributed by atoms with E-state index in [4.69, 9.17) is 13.9 Å². The summed E-state index contributed by atoms with van der Waals surface area (Å²) in [7, 11) is 2.71. The number of fused-ring (bicyclic) bond motifs is 1. The first-order valence-corrected chi connectivity index (χ1v) is 6.90. The van der Waals surface area contributed by atoms with Crippen LogP contribution in [-0.2, 0) is 0 Å². The molecule has 0 aliphatic carbocycles. The van der Waals surface area contributed by atoms with Gasteiger partial charge in [0.25, 0.3) is 0 Å². The lowest BCUT2D eigenvalue weighted by molar-refractivity contribution is 0.340. The van der Waals surface area contributed by atoms with Crippen LogP contribution in [0.1, 0.15) is 0 Å². The Morgan fingerprint density at radius 3 is 2.12 bits per heavy atom. The Morgan fingerprint density at radius 2 is 1.54 bits per heavy atom. The summed E-state index contributed by atoms with van der Waals surface area (Å²) in [5, 5.41) is 29.8. The molecule has 0 bridgehead atoms. The van der Waals surface area contributed by atoms with Crippen molar-refractivity contribution >= 4 is 11.0 Å². The van der Waals surface area contributed by atoms with Gasteiger partial charge in [0.05, 0.1) is 19.6 Å². The van der Waals surface area contributed by atoms with Crippen molar-refractivity contribution < 1.29 is 29.2 Å². The molecule has 2 aromatic carbocycles. The molecule has 3 aromatic rings. The lowest BCUT2D eigenvalue weighted by Gasteiger charge is -2.12. The van der Waals surface area contributed by atoms with E-state index in [2.05, 4.69) is 0 Å². The highest BCUT2D eigenvalue weighted by Gasteiger charge is 2.19. The van der Waals surface area contributed by atoms with Crippen LogP contribution in [0.3, 0.4) is 0 Å². The van der Waals surface area contributed by atoms with Gasteiger partial charge in [-0.1, -0.05) is 0 Å². The van der Waals surface area contributed by atoms with Gasteiger partial charge in [-0.05, 0) is 24.3 Å². The summed E-state index contributed by atoms with van der Waals surface area (Å²) in [6.07, 6.45) is 0. The van der Waals surface area contributed by atoms with Crippen molar-refractivity contribution in [3.63, 3.8) is 0 Å². The Morgan fingerprint density at radius 1 is 0.917 bits per heavy atom. The molecular formula is C17H14O7. The SMILES string of the molecule is COc1cc(-c2oc3cc(O)ccc3c(=O)c2O)cc(OC)c1O. The van der Waals surface area contributed by atoms with Gasteiger partial charge in [0.15, 0.2) is 17.3 Å². The van der Waals surface area contributed by atoms with E-state index in [1.165, 1.54) is 44.6 Å². The Labute approximate surface area is 135 Å². The highest BCUT2D eigenvalue weighted by molar-refractivity contribution is 5.83. The fourth-order valence-electron chi connectivity index (χ4n) is 2.39. The van der Waals surface area contributed by atoms with Gasteiger partial charge in [0.1, 0.15) is 11.3 Å². The number of hydrogen-bond acceptors (Lipinski definition) is 7. The van der Waals surface area contributed by atoms with E-state index in [9.17, 15) is 20.1 Å². The average Bonchev–Trinajstić information content (AvgIpc) is 2.58. The first-order valence-electron chi connectivity index (χ1n) is 6.90. The number of methoxy groups -OCH3 is 2. The third-order valence-corrected chi connectivity index (χ3v) is 3.59. The molecule has 0 unspecified atom stereocenters. The molecule has 3 N–H and O–H groups in total. The Balaban J connectivity index is 2.34. The zero-order valence-corrected chi connectivity index (χ0v) is 12.9. The Hall–Kier alpha value is -3.35. The number of aromatic hydroxyl groups is 3. The number of hydrogen-bond donors (Lipinski definition) is 3. The second-order valence-electron chi connectivity index (χ2n) is 5.02. The van der Waals surface area contributed by atoms with E-state index in [1.54, 1.807) is 0 Å². The van der Waals surface area contributed by atoms with E-state index in [1.807, 2.05) is 0 Å². The maximum absolute atomic E-state index is 12.3. The molecule has 1 heterocycles. The minimum atomic E-state index is -0.641. The topological polar surface area (TPSA) is 109 Å². The summed E-state index contributed by atoms with van der Waals surface area (Å²) >= 11 is 0. The number of benzene rings is 2. The third kappa shape index (κ3) is 2.36. The smallest absolute Gasteiger partial charge is 0.235 e. The monoisotopic (exact) mass is 330 g/mol. The fourth-order valence-corrected chi connectivity index (χ4v) is 2.39. The normalized spacial score (nSPS) is 10.8. The molecule has 0 aliphatic heterocycles. The van der Waals surface area contributed by atoms with Crippen LogP contribution in [0.2, 0.25) is 0 Å². The van der Waals surface area contributed by atoms with Gasteiger partial charge in [-0.15, -0.1) is 0 Å². The van der Waals surface area contributed by atoms with Crippen molar-refractivity contribution in [1.29, 1.82) is 0 Å². The van der Waals surface area contributed by atoms with Gasteiger partial charge in [-0.3, -0.25) is 4.79 Å². The highest BCUT2D eigenvalue weighted by Crippen LogP contribution is 2.42. The van der Waals surface area contributed by atoms with Crippen molar-refractivity contribution in [1.82, 2.24) is 0 Å². The van der Waals surface area contributed by atoms with Crippen LogP contribution < -0.4 is 14.9 Å². The summed E-state index contributed by atoms with van der Waals surface area (Å²) in [5.74, 6) is -0.852. The lowest BCUT2D eigenvalue weighted by Crippen LogP contribution is -2.02. The van der Waals surface area contributed by atoms with E-state index >= 15 is 0 Å². The molecule has 0 fully saturated rings. The van der Waals surface area contributed by atoms with E-state index in [0.717, 1.165) is 0 Å². The fraction of sp³-hybridized carbons (Fsp3) is 0.118. The molecule has 0 amide bonds. The zero-order valence-electron chi connectivity index (χ0n) is 12.9. The summed E-state index contributed by atoms with van der Waals surface area (Å²) in [5.41, 5.74) is -0.266. The quantitative estimate of drug-likeness (QED) is 0.677. The van der Waals surface area contributed by atoms with E-state index in [-0.39, 0.29) is 45.3 Å². The third-order valence-electron chi connectivity index (χ3n) is 3.59. The molecule has 7 heteroatoms. The minimum absolute atomic E-state index is 0.0804. The van der Waals surface area contributed by atoms with E-state index in [0.29, 0.717) is 0 Å². The van der Waals surface area contributed by atoms with Crippen molar-refractivity contribution in [2.75, 3.05) is 14.2 Å². The number of phenols is 2. The van der Waals surface area contributed by atoms with Crippen molar-refractivity contribution in [2.45, 2.75) is 0 Å². The van der Waals surface area contributed by atoms with Gasteiger partial charge in [0.2, 0.25) is 16.9 Å². The molecule has 0 atom stereocenters. The average molecular weight is 330 g/mol. The minimum Gasteiger partial charge on any atom is -0.508 e. The summed E-state index contributed by atoms with van der Waals surface area (Å²) in [6, 6.07) is 6.74. The molecule has 24 heavy (non-hydrogen) atoms.